The summed E-state index contributed by atoms with van der Waals surface area (Å²) < 4.78 is 15.7. The summed E-state index contributed by atoms with van der Waals surface area (Å²) in [5.41, 5.74) is 0.925. The van der Waals surface area contributed by atoms with Crippen LogP contribution in [0, 0.1) is 17.8 Å². The van der Waals surface area contributed by atoms with Crippen molar-refractivity contribution >= 4 is 11.9 Å². The molecule has 29 heavy (non-hydrogen) atoms. The fourth-order valence-electron chi connectivity index (χ4n) is 2.76. The first kappa shape index (κ1) is 24.6. The third-order valence-corrected chi connectivity index (χ3v) is 4.27. The van der Waals surface area contributed by atoms with Crippen molar-refractivity contribution in [1.82, 2.24) is 0 Å². The van der Waals surface area contributed by atoms with Gasteiger partial charge >= 0.3 is 11.9 Å². The number of esters is 2. The van der Waals surface area contributed by atoms with Gasteiger partial charge in [-0.2, -0.15) is 0 Å². The minimum atomic E-state index is -0.900. The Labute approximate surface area is 175 Å². The van der Waals surface area contributed by atoms with E-state index in [0.717, 1.165) is 24.2 Å². The van der Waals surface area contributed by atoms with Crippen LogP contribution in [0.25, 0.3) is 0 Å². The molecule has 0 bridgehead atoms. The van der Waals surface area contributed by atoms with Gasteiger partial charge in [0.25, 0.3) is 0 Å². The Balaban J connectivity index is 2.47. The van der Waals surface area contributed by atoms with Crippen molar-refractivity contribution in [3.63, 3.8) is 0 Å². The topological polar surface area (TPSA) is 61.8 Å². The zero-order chi connectivity index (χ0) is 21.3. The summed E-state index contributed by atoms with van der Waals surface area (Å²) in [6, 6.07) is 7.66. The van der Waals surface area contributed by atoms with Gasteiger partial charge in [-0.25, -0.2) is 0 Å². The second-order valence-electron chi connectivity index (χ2n) is 6.69. The average Bonchev–Trinajstić information content (AvgIpc) is 2.71. The van der Waals surface area contributed by atoms with Crippen LogP contribution in [-0.2, 0) is 19.1 Å². The molecular formula is C24H34O5. The molecule has 0 aliphatic heterocycles. The van der Waals surface area contributed by atoms with Crippen LogP contribution < -0.4 is 4.74 Å². The zero-order valence-electron chi connectivity index (χ0n) is 18.0. The summed E-state index contributed by atoms with van der Waals surface area (Å²) in [4.78, 5) is 23.9. The first-order valence-electron chi connectivity index (χ1n) is 10.7. The molecule has 0 saturated heterocycles. The predicted octanol–water partition coefficient (Wildman–Crippen LogP) is 4.91. The molecule has 0 unspecified atom stereocenters. The number of carbonyl (C=O) groups excluding carboxylic acids is 2. The number of hydrogen-bond donors (Lipinski definition) is 0. The Morgan fingerprint density at radius 3 is 2.34 bits per heavy atom. The first-order chi connectivity index (χ1) is 14.1. The monoisotopic (exact) mass is 402 g/mol. The summed E-state index contributed by atoms with van der Waals surface area (Å²) in [6.07, 6.45) is 6.64. The summed E-state index contributed by atoms with van der Waals surface area (Å²) in [5, 5.41) is 0. The van der Waals surface area contributed by atoms with Crippen LogP contribution in [0.4, 0.5) is 0 Å². The number of ether oxygens (including phenoxy) is 3. The van der Waals surface area contributed by atoms with E-state index in [9.17, 15) is 9.59 Å². The molecule has 0 aliphatic rings. The maximum Gasteiger partial charge on any atom is 0.320 e. The van der Waals surface area contributed by atoms with Gasteiger partial charge in [0, 0.05) is 12.0 Å². The van der Waals surface area contributed by atoms with Crippen LogP contribution in [0.15, 0.2) is 24.3 Å². The lowest BCUT2D eigenvalue weighted by Gasteiger charge is -2.14. The highest BCUT2D eigenvalue weighted by Crippen LogP contribution is 2.16. The molecular weight excluding hydrogens is 368 g/mol. The number of rotatable bonds is 13. The standard InChI is InChI=1S/C24H34O5/c1-4-7-8-9-10-11-14-20-15-12-16-21(19-20)29-18-13-17-22(23(25)27-5-2)24(26)28-6-3/h12,15-16,19,22H,4-10,13,17-18H2,1-3H3. The van der Waals surface area contributed by atoms with Crippen LogP contribution in [0.2, 0.25) is 0 Å². The predicted molar refractivity (Wildman–Crippen MR) is 114 cm³/mol. The third-order valence-electron chi connectivity index (χ3n) is 4.27. The zero-order valence-corrected chi connectivity index (χ0v) is 18.0. The van der Waals surface area contributed by atoms with Crippen molar-refractivity contribution < 1.29 is 23.8 Å². The Morgan fingerprint density at radius 2 is 1.69 bits per heavy atom. The molecule has 0 heterocycles. The molecule has 0 aliphatic carbocycles. The van der Waals surface area contributed by atoms with E-state index in [2.05, 4.69) is 18.8 Å². The minimum absolute atomic E-state index is 0.234. The van der Waals surface area contributed by atoms with Gasteiger partial charge in [0.1, 0.15) is 5.75 Å². The fraction of sp³-hybridized carbons (Fsp3) is 0.583. The molecule has 0 saturated carbocycles. The SMILES string of the molecule is CCCCCCC#Cc1cccc(OCCCC(C(=O)OCC)C(=O)OCC)c1. The lowest BCUT2D eigenvalue weighted by atomic mass is 10.0. The van der Waals surface area contributed by atoms with E-state index >= 15 is 0 Å². The van der Waals surface area contributed by atoms with Crippen molar-refractivity contribution in [2.75, 3.05) is 19.8 Å². The molecule has 1 aromatic carbocycles. The van der Waals surface area contributed by atoms with Crippen LogP contribution in [0.3, 0.4) is 0 Å². The number of benzene rings is 1. The molecule has 160 valence electrons. The van der Waals surface area contributed by atoms with E-state index in [-0.39, 0.29) is 13.2 Å². The van der Waals surface area contributed by atoms with Crippen LogP contribution in [0.5, 0.6) is 5.75 Å². The van der Waals surface area contributed by atoms with E-state index < -0.39 is 17.9 Å². The third kappa shape index (κ3) is 10.6. The molecule has 0 aromatic heterocycles. The number of carbonyl (C=O) groups is 2. The first-order valence-corrected chi connectivity index (χ1v) is 10.7. The highest BCUT2D eigenvalue weighted by molar-refractivity contribution is 5.94. The highest BCUT2D eigenvalue weighted by atomic mass is 16.6. The van der Waals surface area contributed by atoms with Gasteiger partial charge in [-0.3, -0.25) is 9.59 Å². The summed E-state index contributed by atoms with van der Waals surface area (Å²) in [6.45, 7) is 6.48. The van der Waals surface area contributed by atoms with Gasteiger partial charge in [-0.1, -0.05) is 44.1 Å². The van der Waals surface area contributed by atoms with Gasteiger partial charge in [-0.15, -0.1) is 0 Å². The maximum atomic E-state index is 12.0. The average molecular weight is 403 g/mol. The van der Waals surface area contributed by atoms with Crippen LogP contribution >= 0.6 is 0 Å². The molecule has 0 atom stereocenters. The molecule has 1 rings (SSSR count). The quantitative estimate of drug-likeness (QED) is 0.203. The van der Waals surface area contributed by atoms with E-state index in [4.69, 9.17) is 14.2 Å². The van der Waals surface area contributed by atoms with Crippen molar-refractivity contribution in [1.29, 1.82) is 0 Å². The molecule has 0 amide bonds. The molecule has 0 fully saturated rings. The van der Waals surface area contributed by atoms with Gasteiger partial charge < -0.3 is 14.2 Å². The van der Waals surface area contributed by atoms with Crippen molar-refractivity contribution in [3.05, 3.63) is 29.8 Å². The molecule has 0 spiro atoms. The van der Waals surface area contributed by atoms with Gasteiger partial charge in [0.15, 0.2) is 5.92 Å². The summed E-state index contributed by atoms with van der Waals surface area (Å²) in [5.74, 6) is 5.14. The number of unbranched alkanes of at least 4 members (excludes halogenated alkanes) is 4. The smallest absolute Gasteiger partial charge is 0.320 e. The normalized spacial score (nSPS) is 10.2. The van der Waals surface area contributed by atoms with Crippen molar-refractivity contribution in [3.8, 4) is 17.6 Å². The summed E-state index contributed by atoms with van der Waals surface area (Å²) >= 11 is 0. The second-order valence-corrected chi connectivity index (χ2v) is 6.69. The Bertz CT molecular complexity index is 653. The second kappa shape index (κ2) is 15.4. The van der Waals surface area contributed by atoms with E-state index in [0.29, 0.717) is 19.4 Å². The van der Waals surface area contributed by atoms with Gasteiger partial charge in [0.2, 0.25) is 0 Å². The van der Waals surface area contributed by atoms with Gasteiger partial charge in [0.05, 0.1) is 19.8 Å². The fourth-order valence-corrected chi connectivity index (χ4v) is 2.76. The van der Waals surface area contributed by atoms with Crippen molar-refractivity contribution in [2.45, 2.75) is 65.7 Å². The molecule has 5 heteroatoms. The molecule has 0 radical (unpaired) electrons. The van der Waals surface area contributed by atoms with E-state index in [1.54, 1.807) is 13.8 Å². The minimum Gasteiger partial charge on any atom is -0.494 e. The summed E-state index contributed by atoms with van der Waals surface area (Å²) in [7, 11) is 0. The molecule has 0 N–H and O–H groups in total. The van der Waals surface area contributed by atoms with Crippen LogP contribution in [0.1, 0.15) is 71.3 Å². The largest absolute Gasteiger partial charge is 0.494 e. The highest BCUT2D eigenvalue weighted by Gasteiger charge is 2.28. The Hall–Kier alpha value is -2.48. The maximum absolute atomic E-state index is 12.0. The van der Waals surface area contributed by atoms with Crippen molar-refractivity contribution in [2.24, 2.45) is 5.92 Å². The lowest BCUT2D eigenvalue weighted by Crippen LogP contribution is -2.28. The van der Waals surface area contributed by atoms with Crippen LogP contribution in [-0.4, -0.2) is 31.8 Å². The Morgan fingerprint density at radius 1 is 0.966 bits per heavy atom. The molecule has 1 aromatic rings. The Kier molecular flexibility index (Phi) is 13.1. The van der Waals surface area contributed by atoms with E-state index in [1.807, 2.05) is 24.3 Å². The van der Waals surface area contributed by atoms with E-state index in [1.165, 1.54) is 19.3 Å². The van der Waals surface area contributed by atoms with Gasteiger partial charge in [-0.05, 0) is 51.3 Å². The molecule has 5 nitrogen and oxygen atoms in total. The lowest BCUT2D eigenvalue weighted by molar-refractivity contribution is -0.162. The number of hydrogen-bond acceptors (Lipinski definition) is 5.